The van der Waals surface area contributed by atoms with Gasteiger partial charge in [-0.1, -0.05) is 0 Å². The monoisotopic (exact) mass is 357 g/mol. The fourth-order valence-corrected chi connectivity index (χ4v) is 4.58. The molecule has 0 saturated carbocycles. The Kier molecular flexibility index (Phi) is 4.78. The van der Waals surface area contributed by atoms with E-state index < -0.39 is 0 Å². The van der Waals surface area contributed by atoms with Gasteiger partial charge in [0.25, 0.3) is 0 Å². The van der Waals surface area contributed by atoms with Crippen molar-refractivity contribution < 1.29 is 9.59 Å². The fourth-order valence-electron chi connectivity index (χ4n) is 4.58. The Labute approximate surface area is 154 Å². The Morgan fingerprint density at radius 2 is 2.12 bits per heavy atom. The molecule has 0 spiro atoms. The number of likely N-dealkylation sites (N-methyl/N-ethyl adjacent to an activating group) is 1. The number of carbonyl (C=O) groups excluding carboxylic acids is 2. The van der Waals surface area contributed by atoms with Crippen molar-refractivity contribution in [2.45, 2.75) is 63.5 Å². The number of anilines is 1. The fraction of sp³-hybridized carbons (Fsp3) is 0.684. The number of piperidine rings is 1. The van der Waals surface area contributed by atoms with Crippen molar-refractivity contribution in [1.82, 2.24) is 20.2 Å². The molecule has 2 amide bonds. The van der Waals surface area contributed by atoms with Gasteiger partial charge in [-0.3, -0.25) is 9.59 Å². The third kappa shape index (κ3) is 3.27. The van der Waals surface area contributed by atoms with Gasteiger partial charge in [0.2, 0.25) is 11.8 Å². The summed E-state index contributed by atoms with van der Waals surface area (Å²) >= 11 is 0. The minimum atomic E-state index is -0.342. The van der Waals surface area contributed by atoms with Gasteiger partial charge < -0.3 is 15.1 Å². The summed E-state index contributed by atoms with van der Waals surface area (Å²) < 4.78 is 0. The number of fused-ring (bicyclic) bond motifs is 1. The Balaban J connectivity index is 1.45. The zero-order valence-corrected chi connectivity index (χ0v) is 15.4. The first-order chi connectivity index (χ1) is 12.6. The van der Waals surface area contributed by atoms with Crippen molar-refractivity contribution >= 4 is 17.6 Å². The van der Waals surface area contributed by atoms with E-state index in [9.17, 15) is 9.59 Å². The van der Waals surface area contributed by atoms with Crippen LogP contribution < -0.4 is 10.2 Å². The molecule has 1 aromatic heterocycles. The summed E-state index contributed by atoms with van der Waals surface area (Å²) in [7, 11) is 2.06. The molecule has 4 rings (SSSR count). The zero-order chi connectivity index (χ0) is 18.1. The Hall–Kier alpha value is -2.18. The molecule has 7 heteroatoms. The number of hydrogen-bond donors (Lipinski definition) is 1. The van der Waals surface area contributed by atoms with Crippen molar-refractivity contribution in [3.8, 4) is 0 Å². The average Bonchev–Trinajstić information content (AvgIpc) is 3.29. The van der Waals surface area contributed by atoms with E-state index >= 15 is 0 Å². The maximum atomic E-state index is 12.9. The van der Waals surface area contributed by atoms with Gasteiger partial charge in [-0.15, -0.1) is 0 Å². The third-order valence-corrected chi connectivity index (χ3v) is 5.89. The van der Waals surface area contributed by atoms with Gasteiger partial charge in [0.1, 0.15) is 18.2 Å². The van der Waals surface area contributed by atoms with E-state index in [4.69, 9.17) is 0 Å². The van der Waals surface area contributed by atoms with Crippen LogP contribution in [0.4, 0.5) is 5.82 Å². The molecule has 1 aliphatic carbocycles. The number of carbonyl (C=O) groups is 2. The second kappa shape index (κ2) is 7.21. The molecule has 0 aromatic carbocycles. The maximum absolute atomic E-state index is 12.9. The first kappa shape index (κ1) is 17.2. The smallest absolute Gasteiger partial charge is 0.245 e. The van der Waals surface area contributed by atoms with Crippen molar-refractivity contribution in [3.05, 3.63) is 17.6 Å². The normalized spacial score (nSPS) is 25.1. The van der Waals surface area contributed by atoms with Crippen molar-refractivity contribution in [2.75, 3.05) is 25.0 Å². The number of aryl methyl sites for hydroxylation is 1. The van der Waals surface area contributed by atoms with Crippen LogP contribution in [0.15, 0.2) is 6.33 Å². The van der Waals surface area contributed by atoms with Crippen LogP contribution in [0.2, 0.25) is 0 Å². The maximum Gasteiger partial charge on any atom is 0.245 e. The summed E-state index contributed by atoms with van der Waals surface area (Å²) in [5.74, 6) is 1.10. The molecular weight excluding hydrogens is 330 g/mol. The van der Waals surface area contributed by atoms with Gasteiger partial charge >= 0.3 is 0 Å². The van der Waals surface area contributed by atoms with Gasteiger partial charge in [-0.05, 0) is 44.9 Å². The number of hydrogen-bond acceptors (Lipinski definition) is 5. The highest BCUT2D eigenvalue weighted by Gasteiger charge is 2.35. The zero-order valence-electron chi connectivity index (χ0n) is 15.4. The van der Waals surface area contributed by atoms with E-state index in [1.807, 2.05) is 4.90 Å². The molecule has 0 radical (unpaired) electrons. The minimum Gasteiger partial charge on any atom is -0.357 e. The van der Waals surface area contributed by atoms with Gasteiger partial charge in [-0.2, -0.15) is 0 Å². The molecule has 2 fully saturated rings. The number of rotatable bonds is 4. The molecule has 1 aromatic rings. The highest BCUT2D eigenvalue weighted by atomic mass is 16.2. The molecule has 26 heavy (non-hydrogen) atoms. The van der Waals surface area contributed by atoms with Crippen LogP contribution in [-0.2, 0) is 22.4 Å². The van der Waals surface area contributed by atoms with Gasteiger partial charge in [-0.25, -0.2) is 9.97 Å². The summed E-state index contributed by atoms with van der Waals surface area (Å²) in [5, 5.41) is 2.87. The summed E-state index contributed by atoms with van der Waals surface area (Å²) in [4.78, 5) is 37.7. The lowest BCUT2D eigenvalue weighted by Gasteiger charge is -2.33. The summed E-state index contributed by atoms with van der Waals surface area (Å²) in [6.45, 7) is 1.56. The Morgan fingerprint density at radius 3 is 2.96 bits per heavy atom. The molecule has 2 atom stereocenters. The SMILES string of the molecule is CN(CC1CCCN1C(=O)[C@H]1CCCC(=O)N1)c1ncnc2c1CCC2. The van der Waals surface area contributed by atoms with Crippen LogP contribution >= 0.6 is 0 Å². The van der Waals surface area contributed by atoms with Gasteiger partial charge in [0.05, 0.1) is 0 Å². The lowest BCUT2D eigenvalue weighted by molar-refractivity contribution is -0.138. The van der Waals surface area contributed by atoms with E-state index in [1.54, 1.807) is 6.33 Å². The summed E-state index contributed by atoms with van der Waals surface area (Å²) in [6, 6.07) is -0.163. The largest absolute Gasteiger partial charge is 0.357 e. The number of likely N-dealkylation sites (tertiary alicyclic amines) is 1. The molecule has 1 unspecified atom stereocenters. The first-order valence-electron chi connectivity index (χ1n) is 9.77. The quantitative estimate of drug-likeness (QED) is 0.872. The number of nitrogens with one attached hydrogen (secondary N) is 1. The number of amides is 2. The first-order valence-corrected chi connectivity index (χ1v) is 9.77. The van der Waals surface area contributed by atoms with E-state index in [0.29, 0.717) is 6.42 Å². The van der Waals surface area contributed by atoms with Crippen LogP contribution in [0.3, 0.4) is 0 Å². The molecule has 2 aliphatic heterocycles. The van der Waals surface area contributed by atoms with Gasteiger partial charge in [0, 0.05) is 43.9 Å². The summed E-state index contributed by atoms with van der Waals surface area (Å²) in [6.07, 6.45) is 8.99. The van der Waals surface area contributed by atoms with E-state index in [2.05, 4.69) is 27.2 Å². The molecule has 140 valence electrons. The minimum absolute atomic E-state index is 0.000914. The van der Waals surface area contributed by atoms with Crippen LogP contribution in [0.1, 0.15) is 49.8 Å². The van der Waals surface area contributed by atoms with E-state index in [-0.39, 0.29) is 23.9 Å². The van der Waals surface area contributed by atoms with Crippen molar-refractivity contribution in [3.63, 3.8) is 0 Å². The van der Waals surface area contributed by atoms with E-state index in [1.165, 1.54) is 11.3 Å². The molecule has 0 bridgehead atoms. The second-order valence-electron chi connectivity index (χ2n) is 7.70. The lowest BCUT2D eigenvalue weighted by atomic mass is 10.0. The van der Waals surface area contributed by atoms with Crippen molar-refractivity contribution in [1.29, 1.82) is 0 Å². The lowest BCUT2D eigenvalue weighted by Crippen LogP contribution is -2.53. The predicted molar refractivity (Wildman–Crippen MR) is 97.8 cm³/mol. The number of nitrogens with zero attached hydrogens (tertiary/aromatic N) is 4. The molecule has 1 N–H and O–H groups in total. The standard InChI is InChI=1S/C19H27N5O2/c1-23(18-14-6-2-7-15(14)20-12-21-18)11-13-5-4-10-24(13)19(26)16-8-3-9-17(25)22-16/h12-13,16H,2-11H2,1H3,(H,22,25)/t13?,16-/m1/s1. The van der Waals surface area contributed by atoms with Crippen LogP contribution in [0.5, 0.6) is 0 Å². The number of aromatic nitrogens is 2. The highest BCUT2D eigenvalue weighted by molar-refractivity contribution is 5.89. The predicted octanol–water partition coefficient (Wildman–Crippen LogP) is 1.06. The van der Waals surface area contributed by atoms with Crippen LogP contribution in [0, 0.1) is 0 Å². The van der Waals surface area contributed by atoms with Crippen molar-refractivity contribution in [2.24, 2.45) is 0 Å². The molecule has 2 saturated heterocycles. The highest BCUT2D eigenvalue weighted by Crippen LogP contribution is 2.29. The molecule has 3 heterocycles. The van der Waals surface area contributed by atoms with Crippen LogP contribution in [-0.4, -0.2) is 58.9 Å². The third-order valence-electron chi connectivity index (χ3n) is 5.89. The Morgan fingerprint density at radius 1 is 1.23 bits per heavy atom. The molecule has 3 aliphatic rings. The average molecular weight is 357 g/mol. The topological polar surface area (TPSA) is 78.4 Å². The Bertz CT molecular complexity index is 707. The second-order valence-corrected chi connectivity index (χ2v) is 7.70. The van der Waals surface area contributed by atoms with Gasteiger partial charge in [0.15, 0.2) is 0 Å². The molecule has 7 nitrogen and oxygen atoms in total. The summed E-state index contributed by atoms with van der Waals surface area (Å²) in [5.41, 5.74) is 2.44. The van der Waals surface area contributed by atoms with Crippen LogP contribution in [0.25, 0.3) is 0 Å². The molecular formula is C19H27N5O2. The van der Waals surface area contributed by atoms with E-state index in [0.717, 1.165) is 63.9 Å².